The largest absolute Gasteiger partial charge is 0.386 e. The Balaban J connectivity index is 2.51. The summed E-state index contributed by atoms with van der Waals surface area (Å²) in [7, 11) is 0. The second-order valence-electron chi connectivity index (χ2n) is 6.30. The van der Waals surface area contributed by atoms with Gasteiger partial charge in [-0.1, -0.05) is 63.9 Å². The molecular weight excluding hydrogens is 286 g/mol. The van der Waals surface area contributed by atoms with Crippen molar-refractivity contribution in [2.45, 2.75) is 76.7 Å². The van der Waals surface area contributed by atoms with E-state index in [0.29, 0.717) is 6.54 Å². The van der Waals surface area contributed by atoms with Gasteiger partial charge in [-0.25, -0.2) is 0 Å². The molecule has 0 radical (unpaired) electrons. The lowest BCUT2D eigenvalue weighted by Crippen LogP contribution is -2.36. The highest BCUT2D eigenvalue weighted by atomic mass is 16.1. The van der Waals surface area contributed by atoms with Crippen molar-refractivity contribution in [1.82, 2.24) is 10.6 Å². The lowest BCUT2D eigenvalue weighted by Gasteiger charge is -2.19. The Morgan fingerprint density at radius 1 is 1.04 bits per heavy atom. The summed E-state index contributed by atoms with van der Waals surface area (Å²) in [5.41, 5.74) is 0.137. The summed E-state index contributed by atoms with van der Waals surface area (Å²) in [6.07, 6.45) is 16.7. The Labute approximate surface area is 141 Å². The molecule has 0 aliphatic heterocycles. The summed E-state index contributed by atoms with van der Waals surface area (Å²) >= 11 is 0. The van der Waals surface area contributed by atoms with E-state index in [9.17, 15) is 4.79 Å². The van der Waals surface area contributed by atoms with Crippen LogP contribution in [-0.2, 0) is 4.79 Å². The molecule has 23 heavy (non-hydrogen) atoms. The predicted octanol–water partition coefficient (Wildman–Crippen LogP) is 3.96. The molecule has 128 valence electrons. The molecule has 1 saturated carbocycles. The molecule has 0 unspecified atom stereocenters. The van der Waals surface area contributed by atoms with Gasteiger partial charge >= 0.3 is 0 Å². The Bertz CT molecular complexity index is 411. The zero-order chi connectivity index (χ0) is 16.8. The molecule has 0 atom stereocenters. The number of amides is 1. The number of nitrogens with zero attached hydrogens (tertiary/aromatic N) is 1. The summed E-state index contributed by atoms with van der Waals surface area (Å²) in [5, 5.41) is 15.1. The van der Waals surface area contributed by atoms with Crippen LogP contribution in [0.1, 0.15) is 70.6 Å². The summed E-state index contributed by atoms with van der Waals surface area (Å²) in [6.45, 7) is 4.14. The third-order valence-corrected chi connectivity index (χ3v) is 4.31. The van der Waals surface area contributed by atoms with Gasteiger partial charge in [0.25, 0.3) is 5.91 Å². The van der Waals surface area contributed by atoms with Gasteiger partial charge in [-0.2, -0.15) is 5.26 Å². The van der Waals surface area contributed by atoms with Crippen LogP contribution in [0.5, 0.6) is 0 Å². The average molecular weight is 317 g/mol. The molecule has 1 aliphatic carbocycles. The fourth-order valence-electron chi connectivity index (χ4n) is 2.96. The Morgan fingerprint density at radius 3 is 2.04 bits per heavy atom. The van der Waals surface area contributed by atoms with Crippen molar-refractivity contribution in [2.24, 2.45) is 0 Å². The van der Waals surface area contributed by atoms with Gasteiger partial charge in [0, 0.05) is 18.8 Å². The average Bonchev–Trinajstić information content (AvgIpc) is 2.54. The van der Waals surface area contributed by atoms with Crippen molar-refractivity contribution < 1.29 is 4.79 Å². The third kappa shape index (κ3) is 9.07. The van der Waals surface area contributed by atoms with Crippen LogP contribution >= 0.6 is 0 Å². The first-order chi connectivity index (χ1) is 11.3. The number of nitrogens with one attached hydrogen (secondary N) is 2. The molecule has 0 aromatic rings. The summed E-state index contributed by atoms with van der Waals surface area (Å²) in [6, 6.07) is 2.16. The van der Waals surface area contributed by atoms with Gasteiger partial charge in [-0.15, -0.1) is 6.58 Å². The summed E-state index contributed by atoms with van der Waals surface area (Å²) in [4.78, 5) is 12.2. The first kappa shape index (κ1) is 19.3. The molecule has 4 heteroatoms. The highest BCUT2D eigenvalue weighted by Gasteiger charge is 2.15. The quantitative estimate of drug-likeness (QED) is 0.349. The zero-order valence-corrected chi connectivity index (χ0v) is 14.3. The Kier molecular flexibility index (Phi) is 10.7. The van der Waals surface area contributed by atoms with E-state index in [1.165, 1.54) is 51.1 Å². The molecule has 4 nitrogen and oxygen atoms in total. The SMILES string of the molecule is C=CCN/C=C(/C#N)C(=O)NC1CCCCCCCCCCC1. The van der Waals surface area contributed by atoms with E-state index in [4.69, 9.17) is 5.26 Å². The number of hydrogen-bond acceptors (Lipinski definition) is 3. The Hall–Kier alpha value is -1.76. The third-order valence-electron chi connectivity index (χ3n) is 4.31. The standard InChI is InChI=1S/C19H31N3O/c1-2-14-21-16-17(15-20)19(23)22-18-12-10-8-6-4-3-5-7-9-11-13-18/h2,16,18,21H,1,3-14H2,(H,22,23)/b17-16-. The van der Waals surface area contributed by atoms with Crippen molar-refractivity contribution in [3.63, 3.8) is 0 Å². The van der Waals surface area contributed by atoms with Crippen molar-refractivity contribution in [3.8, 4) is 6.07 Å². The molecule has 0 saturated heterocycles. The van der Waals surface area contributed by atoms with Gasteiger partial charge in [-0.3, -0.25) is 4.79 Å². The Morgan fingerprint density at radius 2 is 1.57 bits per heavy atom. The molecular formula is C19H31N3O. The van der Waals surface area contributed by atoms with Gasteiger partial charge in [0.15, 0.2) is 0 Å². The van der Waals surface area contributed by atoms with Crippen LogP contribution in [0.25, 0.3) is 0 Å². The number of nitriles is 1. The number of rotatable bonds is 5. The smallest absolute Gasteiger partial charge is 0.263 e. The molecule has 0 aromatic carbocycles. The molecule has 0 aromatic heterocycles. The molecule has 1 rings (SSSR count). The molecule has 2 N–H and O–H groups in total. The highest BCUT2D eigenvalue weighted by Crippen LogP contribution is 2.17. The summed E-state index contributed by atoms with van der Waals surface area (Å²) in [5.74, 6) is -0.263. The lowest BCUT2D eigenvalue weighted by molar-refractivity contribution is -0.117. The fourth-order valence-corrected chi connectivity index (χ4v) is 2.96. The topological polar surface area (TPSA) is 64.9 Å². The molecule has 1 amide bonds. The molecule has 0 bridgehead atoms. The van der Waals surface area contributed by atoms with Crippen LogP contribution in [0.15, 0.2) is 24.4 Å². The molecule has 1 fully saturated rings. The van der Waals surface area contributed by atoms with Gasteiger partial charge in [-0.05, 0) is 12.8 Å². The molecule has 0 spiro atoms. The number of carbonyl (C=O) groups is 1. The maximum atomic E-state index is 12.2. The maximum Gasteiger partial charge on any atom is 0.263 e. The minimum Gasteiger partial charge on any atom is -0.386 e. The predicted molar refractivity (Wildman–Crippen MR) is 94.6 cm³/mol. The van der Waals surface area contributed by atoms with E-state index in [1.807, 2.05) is 6.07 Å². The van der Waals surface area contributed by atoms with E-state index in [0.717, 1.165) is 25.7 Å². The van der Waals surface area contributed by atoms with E-state index < -0.39 is 0 Å². The van der Waals surface area contributed by atoms with E-state index in [2.05, 4.69) is 17.2 Å². The lowest BCUT2D eigenvalue weighted by atomic mass is 9.98. The van der Waals surface area contributed by atoms with Crippen LogP contribution in [0, 0.1) is 11.3 Å². The zero-order valence-electron chi connectivity index (χ0n) is 14.3. The van der Waals surface area contributed by atoms with Crippen LogP contribution in [0.4, 0.5) is 0 Å². The first-order valence-corrected chi connectivity index (χ1v) is 9.03. The first-order valence-electron chi connectivity index (χ1n) is 9.03. The van der Waals surface area contributed by atoms with Gasteiger partial charge in [0.1, 0.15) is 11.6 Å². The van der Waals surface area contributed by atoms with Crippen molar-refractivity contribution in [2.75, 3.05) is 6.54 Å². The van der Waals surface area contributed by atoms with Crippen LogP contribution in [-0.4, -0.2) is 18.5 Å². The maximum absolute atomic E-state index is 12.2. The van der Waals surface area contributed by atoms with E-state index >= 15 is 0 Å². The van der Waals surface area contributed by atoms with Crippen LogP contribution in [0.2, 0.25) is 0 Å². The monoisotopic (exact) mass is 317 g/mol. The number of carbonyl (C=O) groups excluding carboxylic acids is 1. The fraction of sp³-hybridized carbons (Fsp3) is 0.684. The van der Waals surface area contributed by atoms with E-state index in [1.54, 1.807) is 6.08 Å². The minimum absolute atomic E-state index is 0.137. The van der Waals surface area contributed by atoms with Gasteiger partial charge in [0.2, 0.25) is 0 Å². The van der Waals surface area contributed by atoms with Crippen molar-refractivity contribution >= 4 is 5.91 Å². The second kappa shape index (κ2) is 12.8. The number of hydrogen-bond donors (Lipinski definition) is 2. The van der Waals surface area contributed by atoms with E-state index in [-0.39, 0.29) is 17.5 Å². The molecule has 1 aliphatic rings. The van der Waals surface area contributed by atoms with Crippen molar-refractivity contribution in [3.05, 3.63) is 24.4 Å². The van der Waals surface area contributed by atoms with Crippen molar-refractivity contribution in [1.29, 1.82) is 5.26 Å². The van der Waals surface area contributed by atoms with Gasteiger partial charge in [0.05, 0.1) is 0 Å². The summed E-state index contributed by atoms with van der Waals surface area (Å²) < 4.78 is 0. The normalized spacial score (nSPS) is 18.8. The second-order valence-corrected chi connectivity index (χ2v) is 6.30. The van der Waals surface area contributed by atoms with Gasteiger partial charge < -0.3 is 10.6 Å². The van der Waals surface area contributed by atoms with Crippen LogP contribution in [0.3, 0.4) is 0 Å². The highest BCUT2D eigenvalue weighted by molar-refractivity contribution is 5.97. The minimum atomic E-state index is -0.263. The molecule has 0 heterocycles. The van der Waals surface area contributed by atoms with Crippen LogP contribution < -0.4 is 10.6 Å².